The monoisotopic (exact) mass is 733 g/mol. The molecule has 0 aliphatic rings. The molecule has 5 aromatic rings. The molecule has 276 valence electrons. The number of ether oxygens (including phenoxy) is 1. The van der Waals surface area contributed by atoms with Crippen molar-refractivity contribution in [3.63, 3.8) is 0 Å². The molecule has 0 unspecified atom stereocenters. The van der Waals surface area contributed by atoms with Crippen LogP contribution in [0.25, 0.3) is 33.4 Å². The first kappa shape index (κ1) is 38.6. The van der Waals surface area contributed by atoms with Crippen molar-refractivity contribution in [2.24, 2.45) is 0 Å². The zero-order valence-corrected chi connectivity index (χ0v) is 28.6. The number of carbonyl (C=O) groups is 2. The molecule has 5 rings (SSSR count). The predicted molar refractivity (Wildman–Crippen MR) is 191 cm³/mol. The summed E-state index contributed by atoms with van der Waals surface area (Å²) >= 11 is 0. The summed E-state index contributed by atoms with van der Waals surface area (Å²) in [5.41, 5.74) is 0.676. The molecule has 2 N–H and O–H groups in total. The summed E-state index contributed by atoms with van der Waals surface area (Å²) in [6.07, 6.45) is -3.33. The standard InChI is InChI=1S/C42H37F6NO4/c43-41(44,45)34-16-9-14-31(23-34)36-25-33(26-37(39(36)53-27-38(50)51)32-15-10-17-35(24-32)42(46,47)48)29-18-20-30(21-19-29)40(52)49-22-8-3-1-2-5-11-28-12-6-4-7-13-28/h4,6-7,9-10,12-21,23-26H,1-3,5,8,11,22,27H2,(H,49,52)(H,50,51). The molecule has 0 saturated heterocycles. The van der Waals surface area contributed by atoms with Crippen molar-refractivity contribution >= 4 is 11.9 Å². The van der Waals surface area contributed by atoms with Crippen LogP contribution in [0.4, 0.5) is 26.3 Å². The summed E-state index contributed by atoms with van der Waals surface area (Å²) in [4.78, 5) is 24.4. The fraction of sp³-hybridized carbons (Fsp3) is 0.238. The molecule has 0 aliphatic carbocycles. The van der Waals surface area contributed by atoms with Gasteiger partial charge in [0.1, 0.15) is 5.75 Å². The quantitative estimate of drug-likeness (QED) is 0.0830. The number of carboxylic acid groups (broad SMARTS) is 1. The van der Waals surface area contributed by atoms with Crippen LogP contribution in [0.15, 0.2) is 115 Å². The molecule has 5 nitrogen and oxygen atoms in total. The SMILES string of the molecule is O=C(O)COc1c(-c2cccc(C(F)(F)F)c2)cc(-c2ccc(C(=O)NCCCCCCCc3ccccc3)cc2)cc1-c1cccc(C(F)(F)F)c1. The van der Waals surface area contributed by atoms with Crippen molar-refractivity contribution in [3.8, 4) is 39.1 Å². The predicted octanol–water partition coefficient (Wildman–Crippen LogP) is 11.1. The third kappa shape index (κ3) is 10.7. The Bertz CT molecular complexity index is 1930. The Labute approximate surface area is 303 Å². The molecule has 0 fully saturated rings. The van der Waals surface area contributed by atoms with Crippen LogP contribution in [0.1, 0.15) is 59.2 Å². The molecule has 1 amide bonds. The van der Waals surface area contributed by atoms with Crippen LogP contribution in [0.3, 0.4) is 0 Å². The molecule has 0 bridgehead atoms. The third-order valence-corrected chi connectivity index (χ3v) is 8.68. The van der Waals surface area contributed by atoms with Crippen LogP contribution >= 0.6 is 0 Å². The molecular weight excluding hydrogens is 696 g/mol. The van der Waals surface area contributed by atoms with Gasteiger partial charge in [-0.05, 0) is 95.6 Å². The van der Waals surface area contributed by atoms with Crippen LogP contribution in [-0.4, -0.2) is 30.1 Å². The molecule has 11 heteroatoms. The van der Waals surface area contributed by atoms with Crippen molar-refractivity contribution in [1.29, 1.82) is 0 Å². The average Bonchev–Trinajstić information content (AvgIpc) is 3.14. The normalized spacial score (nSPS) is 11.7. The van der Waals surface area contributed by atoms with Gasteiger partial charge in [0.25, 0.3) is 5.91 Å². The summed E-state index contributed by atoms with van der Waals surface area (Å²) in [7, 11) is 0. The highest BCUT2D eigenvalue weighted by Gasteiger charge is 2.32. The maximum absolute atomic E-state index is 13.8. The topological polar surface area (TPSA) is 75.6 Å². The number of unbranched alkanes of at least 4 members (excludes halogenated alkanes) is 4. The number of carboxylic acids is 1. The van der Waals surface area contributed by atoms with Gasteiger partial charge in [0.05, 0.1) is 11.1 Å². The molecule has 5 aromatic carbocycles. The highest BCUT2D eigenvalue weighted by molar-refractivity contribution is 5.95. The maximum Gasteiger partial charge on any atom is 0.416 e. The number of carbonyl (C=O) groups excluding carboxylic acids is 1. The summed E-state index contributed by atoms with van der Waals surface area (Å²) in [6, 6.07) is 28.2. The fourth-order valence-corrected chi connectivity index (χ4v) is 5.99. The molecule has 0 saturated carbocycles. The fourth-order valence-electron chi connectivity index (χ4n) is 5.99. The largest absolute Gasteiger partial charge is 0.481 e. The first-order valence-electron chi connectivity index (χ1n) is 17.1. The second-order valence-corrected chi connectivity index (χ2v) is 12.6. The zero-order valence-electron chi connectivity index (χ0n) is 28.6. The lowest BCUT2D eigenvalue weighted by molar-refractivity contribution is -0.139. The van der Waals surface area contributed by atoms with Crippen LogP contribution in [0, 0.1) is 0 Å². The molecule has 0 heterocycles. The van der Waals surface area contributed by atoms with Crippen LogP contribution in [0.5, 0.6) is 5.75 Å². The molecule has 0 atom stereocenters. The van der Waals surface area contributed by atoms with Crippen LogP contribution < -0.4 is 10.1 Å². The second-order valence-electron chi connectivity index (χ2n) is 12.6. The van der Waals surface area contributed by atoms with Crippen molar-refractivity contribution in [2.45, 2.75) is 50.9 Å². The number of hydrogen-bond acceptors (Lipinski definition) is 3. The van der Waals surface area contributed by atoms with Crippen LogP contribution in [-0.2, 0) is 23.6 Å². The van der Waals surface area contributed by atoms with E-state index in [0.29, 0.717) is 23.2 Å². The molecule has 0 aliphatic heterocycles. The molecule has 0 aromatic heterocycles. The number of benzene rings is 5. The second kappa shape index (κ2) is 17.3. The summed E-state index contributed by atoms with van der Waals surface area (Å²) in [5, 5.41) is 12.3. The Morgan fingerprint density at radius 3 is 1.68 bits per heavy atom. The van der Waals surface area contributed by atoms with E-state index in [9.17, 15) is 41.0 Å². The molecule has 53 heavy (non-hydrogen) atoms. The van der Waals surface area contributed by atoms with Gasteiger partial charge < -0.3 is 15.2 Å². The summed E-state index contributed by atoms with van der Waals surface area (Å²) in [6.45, 7) is -0.410. The van der Waals surface area contributed by atoms with Gasteiger partial charge >= 0.3 is 18.3 Å². The Kier molecular flexibility index (Phi) is 12.6. The van der Waals surface area contributed by atoms with E-state index in [1.54, 1.807) is 24.3 Å². The smallest absolute Gasteiger partial charge is 0.416 e. The number of nitrogens with one attached hydrogen (secondary N) is 1. The minimum atomic E-state index is -4.71. The lowest BCUT2D eigenvalue weighted by Crippen LogP contribution is -2.24. The highest BCUT2D eigenvalue weighted by Crippen LogP contribution is 2.45. The van der Waals surface area contributed by atoms with Gasteiger partial charge in [-0.2, -0.15) is 26.3 Å². The van der Waals surface area contributed by atoms with Gasteiger partial charge in [0.2, 0.25) is 0 Å². The Morgan fingerprint density at radius 1 is 0.585 bits per heavy atom. The first-order valence-corrected chi connectivity index (χ1v) is 17.1. The van der Waals surface area contributed by atoms with E-state index in [4.69, 9.17) is 4.74 Å². The highest BCUT2D eigenvalue weighted by atomic mass is 19.4. The van der Waals surface area contributed by atoms with E-state index in [-0.39, 0.29) is 33.9 Å². The van der Waals surface area contributed by atoms with E-state index in [1.807, 2.05) is 18.2 Å². The number of amides is 1. The number of rotatable bonds is 15. The molecule has 0 radical (unpaired) electrons. The zero-order chi connectivity index (χ0) is 38.0. The van der Waals surface area contributed by atoms with E-state index in [2.05, 4.69) is 17.4 Å². The summed E-state index contributed by atoms with van der Waals surface area (Å²) < 4.78 is 88.1. The summed E-state index contributed by atoms with van der Waals surface area (Å²) in [5.74, 6) is -1.89. The van der Waals surface area contributed by atoms with Gasteiger partial charge in [0, 0.05) is 23.2 Å². The van der Waals surface area contributed by atoms with Crippen LogP contribution in [0.2, 0.25) is 0 Å². The Hall–Kier alpha value is -5.58. The van der Waals surface area contributed by atoms with Crippen molar-refractivity contribution < 1.29 is 45.8 Å². The lowest BCUT2D eigenvalue weighted by atomic mass is 9.90. The lowest BCUT2D eigenvalue weighted by Gasteiger charge is -2.20. The van der Waals surface area contributed by atoms with Gasteiger partial charge in [-0.15, -0.1) is 0 Å². The average molecular weight is 734 g/mol. The third-order valence-electron chi connectivity index (χ3n) is 8.68. The van der Waals surface area contributed by atoms with Gasteiger partial charge in [-0.3, -0.25) is 4.79 Å². The number of aryl methyl sites for hydroxylation is 1. The Balaban J connectivity index is 1.40. The number of alkyl halides is 6. The Morgan fingerprint density at radius 2 is 1.13 bits per heavy atom. The van der Waals surface area contributed by atoms with E-state index < -0.39 is 36.1 Å². The minimum Gasteiger partial charge on any atom is -0.481 e. The first-order chi connectivity index (χ1) is 25.3. The van der Waals surface area contributed by atoms with E-state index in [1.165, 1.54) is 42.0 Å². The minimum absolute atomic E-state index is 0.00230. The van der Waals surface area contributed by atoms with Gasteiger partial charge in [-0.1, -0.05) is 86.0 Å². The van der Waals surface area contributed by atoms with Crippen molar-refractivity contribution in [2.75, 3.05) is 13.2 Å². The number of aliphatic carboxylic acids is 1. The van der Waals surface area contributed by atoms with E-state index in [0.717, 1.165) is 62.8 Å². The van der Waals surface area contributed by atoms with Gasteiger partial charge in [-0.25, -0.2) is 4.79 Å². The molecule has 0 spiro atoms. The van der Waals surface area contributed by atoms with Gasteiger partial charge in [0.15, 0.2) is 6.61 Å². The molecular formula is C42H37F6NO4. The van der Waals surface area contributed by atoms with E-state index >= 15 is 0 Å². The van der Waals surface area contributed by atoms with Crippen molar-refractivity contribution in [1.82, 2.24) is 5.32 Å². The maximum atomic E-state index is 13.8. The number of halogens is 6. The number of hydrogen-bond donors (Lipinski definition) is 2. The van der Waals surface area contributed by atoms with Crippen molar-refractivity contribution in [3.05, 3.63) is 138 Å².